The molecule has 16 heteroatoms. The normalized spacial score (nSPS) is 16.5. The van der Waals surface area contributed by atoms with E-state index in [9.17, 15) is 29.7 Å². The van der Waals surface area contributed by atoms with Crippen LogP contribution in [0, 0.1) is 0 Å². The average Bonchev–Trinajstić information content (AvgIpc) is 3.96. The fourth-order valence-electron chi connectivity index (χ4n) is 7.58. The number of aliphatic hydroxyl groups is 1. The Kier molecular flexibility index (Phi) is 14.0. The molecule has 0 saturated heterocycles. The van der Waals surface area contributed by atoms with Crippen LogP contribution in [0.3, 0.4) is 0 Å². The molecule has 0 aliphatic heterocycles. The standard InChI is InChI=1S/C40H44N4O8S2.2FH/c1-43(26-8-10-27(11-9-26)52-40(38(48)49,34-5-2-21-53-34)35-6-3-22-54-35)19-4-20-44-30-14-7-25(23-33(30)51-39(44)50)17-18-41-24-32(46)28-12-15-31(45)37-29(28)13-16-36(47)42-37;;/h2-3,5-7,12-16,21-23,26-27,32,41,45-46H,4,8-11,17-20,24H2,1H3,(H,42,47)(H,48,49);2*1H/t26?,27?,32-;;/m0../s1. The lowest BCUT2D eigenvalue weighted by Gasteiger charge is -2.38. The quantitative estimate of drug-likeness (QED) is 0.0719. The number of carbonyl (C=O) groups is 1. The molecule has 4 aromatic heterocycles. The number of carboxylic acids is 1. The number of rotatable bonds is 16. The van der Waals surface area contributed by atoms with Crippen molar-refractivity contribution in [3.63, 3.8) is 0 Å². The summed E-state index contributed by atoms with van der Waals surface area (Å²) in [6.45, 7) is 2.17. The Hall–Kier alpha value is -4.71. The van der Waals surface area contributed by atoms with E-state index in [2.05, 4.69) is 22.2 Å². The van der Waals surface area contributed by atoms with Crippen molar-refractivity contribution >= 4 is 50.6 Å². The number of aliphatic carboxylic acids is 1. The number of oxazole rings is 1. The van der Waals surface area contributed by atoms with Crippen LogP contribution < -0.4 is 16.6 Å². The van der Waals surface area contributed by atoms with Crippen molar-refractivity contribution in [3.8, 4) is 5.75 Å². The molecule has 7 rings (SSSR count). The number of carboxylic acid groups (broad SMARTS) is 1. The van der Waals surface area contributed by atoms with E-state index < -0.39 is 17.7 Å². The first kappa shape index (κ1) is 42.4. The molecule has 2 aromatic carbocycles. The molecule has 0 amide bonds. The van der Waals surface area contributed by atoms with Gasteiger partial charge in [0, 0.05) is 30.6 Å². The average molecular weight is 813 g/mol. The van der Waals surface area contributed by atoms with Gasteiger partial charge in [0.25, 0.3) is 0 Å². The second-order valence-electron chi connectivity index (χ2n) is 13.9. The van der Waals surface area contributed by atoms with E-state index in [-0.39, 0.29) is 39.1 Å². The number of phenolic OH excluding ortho intramolecular Hbond substituents is 1. The van der Waals surface area contributed by atoms with Crippen LogP contribution in [0.1, 0.15) is 59.1 Å². The largest absolute Gasteiger partial charge is 0.506 e. The summed E-state index contributed by atoms with van der Waals surface area (Å²) in [4.78, 5) is 43.7. The third kappa shape index (κ3) is 8.80. The molecule has 1 fully saturated rings. The first-order valence-corrected chi connectivity index (χ1v) is 20.0. The smallest absolute Gasteiger partial charge is 0.419 e. The Morgan fingerprint density at radius 2 is 1.75 bits per heavy atom. The minimum absolute atomic E-state index is 0. The summed E-state index contributed by atoms with van der Waals surface area (Å²) >= 11 is 2.81. The van der Waals surface area contributed by atoms with Crippen molar-refractivity contribution in [2.45, 2.75) is 68.9 Å². The zero-order valence-electron chi connectivity index (χ0n) is 30.7. The Bertz CT molecular complexity index is 2280. The van der Waals surface area contributed by atoms with E-state index in [1.807, 2.05) is 53.2 Å². The number of nitrogens with one attached hydrogen (secondary N) is 2. The number of ether oxygens (including phenoxy) is 1. The number of hydrogen-bond donors (Lipinski definition) is 5. The lowest BCUT2D eigenvalue weighted by molar-refractivity contribution is -0.170. The predicted octanol–water partition coefficient (Wildman–Crippen LogP) is 6.11. The summed E-state index contributed by atoms with van der Waals surface area (Å²) in [5, 5.41) is 39.1. The van der Waals surface area contributed by atoms with E-state index >= 15 is 0 Å². The predicted molar refractivity (Wildman–Crippen MR) is 215 cm³/mol. The third-order valence-electron chi connectivity index (χ3n) is 10.5. The number of H-pyrrole nitrogens is 1. The number of aryl methyl sites for hydroxylation is 1. The van der Waals surface area contributed by atoms with Gasteiger partial charge in [-0.2, -0.15) is 0 Å². The van der Waals surface area contributed by atoms with Crippen molar-refractivity contribution in [1.29, 1.82) is 0 Å². The molecule has 1 aliphatic rings. The molecule has 12 nitrogen and oxygen atoms in total. The highest BCUT2D eigenvalue weighted by atomic mass is 32.1. The monoisotopic (exact) mass is 812 g/mol. The maximum absolute atomic E-state index is 12.9. The van der Waals surface area contributed by atoms with E-state index in [1.54, 1.807) is 16.7 Å². The van der Waals surface area contributed by atoms with E-state index in [0.29, 0.717) is 57.4 Å². The van der Waals surface area contributed by atoms with E-state index in [1.165, 1.54) is 34.8 Å². The number of aromatic amines is 1. The number of aliphatic hydroxyl groups excluding tert-OH is 1. The van der Waals surface area contributed by atoms with Gasteiger partial charge in [-0.15, -0.1) is 22.7 Å². The summed E-state index contributed by atoms with van der Waals surface area (Å²) in [6.07, 6.45) is 3.72. The number of halogens is 2. The number of pyridine rings is 1. The Morgan fingerprint density at radius 3 is 2.41 bits per heavy atom. The number of aromatic hydroxyl groups is 1. The van der Waals surface area contributed by atoms with Crippen molar-refractivity contribution in [1.82, 2.24) is 19.8 Å². The summed E-state index contributed by atoms with van der Waals surface area (Å²) in [5.74, 6) is -1.43. The van der Waals surface area contributed by atoms with Crippen LogP contribution in [0.2, 0.25) is 0 Å². The molecule has 5 N–H and O–H groups in total. The van der Waals surface area contributed by atoms with E-state index in [4.69, 9.17) is 9.15 Å². The summed E-state index contributed by atoms with van der Waals surface area (Å²) in [6, 6.07) is 19.6. The second kappa shape index (κ2) is 18.5. The zero-order chi connectivity index (χ0) is 37.8. The van der Waals surface area contributed by atoms with E-state index in [0.717, 1.165) is 49.7 Å². The van der Waals surface area contributed by atoms with Crippen LogP contribution in [0.25, 0.3) is 22.0 Å². The number of hydrogen-bond acceptors (Lipinski definition) is 11. The van der Waals surface area contributed by atoms with Gasteiger partial charge in [0.05, 0.1) is 33.0 Å². The highest BCUT2D eigenvalue weighted by Crippen LogP contribution is 2.42. The molecule has 0 unspecified atom stereocenters. The summed E-state index contributed by atoms with van der Waals surface area (Å²) in [7, 11) is 2.11. The van der Waals surface area contributed by atoms with Gasteiger partial charge in [-0.3, -0.25) is 18.8 Å². The van der Waals surface area contributed by atoms with Crippen LogP contribution in [-0.4, -0.2) is 74.6 Å². The molecule has 1 saturated carbocycles. The molecule has 1 atom stereocenters. The summed E-state index contributed by atoms with van der Waals surface area (Å²) in [5.41, 5.74) is 1.35. The Balaban J connectivity index is 0.00000300. The first-order chi connectivity index (χ1) is 26.1. The SMILES string of the molecule is CN(CCCn1c(=O)oc2cc(CCNC[C@H](O)c3ccc(O)c4[nH]c(=O)ccc34)ccc21)C1CCC(OC(C(=O)O)(c2cccs2)c2cccs2)CC1.F.F. The Labute approximate surface area is 328 Å². The van der Waals surface area contributed by atoms with Crippen LogP contribution >= 0.6 is 22.7 Å². The number of phenols is 1. The number of fused-ring (bicyclic) bond motifs is 2. The zero-order valence-corrected chi connectivity index (χ0v) is 32.4. The third-order valence-corrected chi connectivity index (χ3v) is 12.4. The molecule has 0 spiro atoms. The molecular formula is C40H46F2N4O8S2. The molecule has 56 heavy (non-hydrogen) atoms. The lowest BCUT2D eigenvalue weighted by atomic mass is 9.90. The minimum Gasteiger partial charge on any atom is -0.506 e. The van der Waals surface area contributed by atoms with Crippen molar-refractivity contribution in [2.24, 2.45) is 0 Å². The van der Waals surface area contributed by atoms with Crippen LogP contribution in [0.4, 0.5) is 9.41 Å². The van der Waals surface area contributed by atoms with Crippen molar-refractivity contribution < 1.29 is 38.7 Å². The number of thiophene rings is 2. The second-order valence-corrected chi connectivity index (χ2v) is 15.8. The summed E-state index contributed by atoms with van der Waals surface area (Å²) < 4.78 is 13.9. The molecule has 0 radical (unpaired) electrons. The fraction of sp³-hybridized carbons (Fsp3) is 0.375. The van der Waals surface area contributed by atoms with Gasteiger partial charge in [0.15, 0.2) is 5.58 Å². The van der Waals surface area contributed by atoms with Gasteiger partial charge in [-0.05, 0) is 117 Å². The molecule has 4 heterocycles. The van der Waals surface area contributed by atoms with Crippen molar-refractivity contribution in [3.05, 3.63) is 119 Å². The fourth-order valence-corrected chi connectivity index (χ4v) is 9.39. The Morgan fingerprint density at radius 1 is 1.04 bits per heavy atom. The van der Waals surface area contributed by atoms with Crippen molar-refractivity contribution in [2.75, 3.05) is 26.7 Å². The van der Waals surface area contributed by atoms with Gasteiger partial charge in [0.2, 0.25) is 11.2 Å². The van der Waals surface area contributed by atoms with Crippen LogP contribution in [-0.2, 0) is 28.1 Å². The van der Waals surface area contributed by atoms with Crippen LogP contribution in [0.15, 0.2) is 91.5 Å². The number of nitrogens with zero attached hydrogens (tertiary/aromatic N) is 2. The molecule has 1 aliphatic carbocycles. The van der Waals surface area contributed by atoms with Gasteiger partial charge < -0.3 is 39.7 Å². The van der Waals surface area contributed by atoms with Gasteiger partial charge in [-0.25, -0.2) is 9.59 Å². The highest BCUT2D eigenvalue weighted by molar-refractivity contribution is 7.12. The lowest BCUT2D eigenvalue weighted by Crippen LogP contribution is -2.44. The van der Waals surface area contributed by atoms with Gasteiger partial charge in [-0.1, -0.05) is 24.3 Å². The first-order valence-electron chi connectivity index (χ1n) is 18.2. The molecule has 6 aromatic rings. The minimum atomic E-state index is -1.50. The molecule has 300 valence electrons. The van der Waals surface area contributed by atoms with Crippen LogP contribution in [0.5, 0.6) is 5.75 Å². The molecule has 0 bridgehead atoms. The number of benzene rings is 2. The number of aromatic nitrogens is 2. The highest BCUT2D eigenvalue weighted by Gasteiger charge is 2.48. The molecular weight excluding hydrogens is 767 g/mol. The maximum Gasteiger partial charge on any atom is 0.419 e. The van der Waals surface area contributed by atoms with Gasteiger partial charge in [0.1, 0.15) is 5.75 Å². The maximum atomic E-state index is 12.9. The van der Waals surface area contributed by atoms with Gasteiger partial charge >= 0.3 is 11.7 Å². The topological polar surface area (TPSA) is 170 Å².